The molecule has 2 aliphatic rings. The molecule has 1 heterocycles. The molecule has 2 heteroatoms. The van der Waals surface area contributed by atoms with Gasteiger partial charge in [0.2, 0.25) is 0 Å². The van der Waals surface area contributed by atoms with E-state index in [1.165, 1.54) is 105 Å². The summed E-state index contributed by atoms with van der Waals surface area (Å²) in [4.78, 5) is 2.44. The van der Waals surface area contributed by atoms with Crippen molar-refractivity contribution in [3.05, 3.63) is 231 Å². The summed E-state index contributed by atoms with van der Waals surface area (Å²) >= 11 is 0. The van der Waals surface area contributed by atoms with Gasteiger partial charge in [0.1, 0.15) is 5.69 Å². The fraction of sp³-hybridized carbons (Fsp3) is 0.0164. The molecule has 11 aromatic carbocycles. The molecule has 0 spiro atoms. The van der Waals surface area contributed by atoms with E-state index in [0.29, 0.717) is 4.48 Å². The first-order chi connectivity index (χ1) is 31.1. The highest BCUT2D eigenvalue weighted by molar-refractivity contribution is 6.16. The number of para-hydroxylation sites is 2. The molecule has 294 valence electrons. The van der Waals surface area contributed by atoms with E-state index in [-0.39, 0.29) is 0 Å². The van der Waals surface area contributed by atoms with E-state index >= 15 is 0 Å². The van der Waals surface area contributed by atoms with E-state index in [2.05, 4.69) is 242 Å². The van der Waals surface area contributed by atoms with Crippen LogP contribution in [-0.4, -0.2) is 7.05 Å². The smallest absolute Gasteiger partial charge is 0.150 e. The molecule has 0 aromatic heterocycles. The van der Waals surface area contributed by atoms with Crippen molar-refractivity contribution in [2.75, 3.05) is 11.9 Å². The van der Waals surface area contributed by atoms with Crippen molar-refractivity contribution >= 4 is 66.4 Å². The van der Waals surface area contributed by atoms with E-state index < -0.39 is 0 Å². The lowest BCUT2D eigenvalue weighted by Gasteiger charge is -2.32. The van der Waals surface area contributed by atoms with E-state index in [0.717, 1.165) is 17.1 Å². The Morgan fingerprint density at radius 2 is 0.810 bits per heavy atom. The number of rotatable bonds is 6. The number of anilines is 3. The van der Waals surface area contributed by atoms with Crippen molar-refractivity contribution in [2.24, 2.45) is 0 Å². The molecule has 0 fully saturated rings. The molecule has 0 N–H and O–H groups in total. The molecule has 0 unspecified atom stereocenters. The number of nitrogens with zero attached hydrogens (tertiary/aromatic N) is 2. The molecular formula is C61H41N2+. The summed E-state index contributed by atoms with van der Waals surface area (Å²) in [5.74, 6) is 0. The summed E-state index contributed by atoms with van der Waals surface area (Å²) in [5.41, 5.74) is 19.6. The Balaban J connectivity index is 0.967. The van der Waals surface area contributed by atoms with Gasteiger partial charge in [-0.1, -0.05) is 152 Å². The fourth-order valence-corrected chi connectivity index (χ4v) is 10.8. The molecule has 0 saturated carbocycles. The van der Waals surface area contributed by atoms with Gasteiger partial charge in [0.25, 0.3) is 0 Å². The Bertz CT molecular complexity index is 3620. The van der Waals surface area contributed by atoms with Crippen LogP contribution in [0.2, 0.25) is 0 Å². The third kappa shape index (κ3) is 5.42. The highest BCUT2D eigenvalue weighted by atomic mass is 15.4. The molecule has 0 radical (unpaired) electrons. The molecule has 13 rings (SSSR count). The van der Waals surface area contributed by atoms with Crippen LogP contribution in [0.1, 0.15) is 0 Å². The Hall–Kier alpha value is -8.04. The molecule has 63 heavy (non-hydrogen) atoms. The lowest BCUT2D eigenvalue weighted by molar-refractivity contribution is 0.642. The molecule has 0 atom stereocenters. The van der Waals surface area contributed by atoms with E-state index in [1.807, 2.05) is 0 Å². The third-order valence-corrected chi connectivity index (χ3v) is 13.8. The predicted octanol–water partition coefficient (Wildman–Crippen LogP) is 17.2. The molecule has 2 nitrogen and oxygen atoms in total. The quantitative estimate of drug-likeness (QED) is 0.120. The van der Waals surface area contributed by atoms with Gasteiger partial charge in [-0.3, -0.25) is 0 Å². The Morgan fingerprint density at radius 3 is 1.54 bits per heavy atom. The maximum atomic E-state index is 2.44. The molecule has 0 amide bonds. The lowest BCUT2D eigenvalue weighted by atomic mass is 9.96. The van der Waals surface area contributed by atoms with E-state index in [4.69, 9.17) is 0 Å². The summed E-state index contributed by atoms with van der Waals surface area (Å²) in [6.45, 7) is 0. The highest BCUT2D eigenvalue weighted by Gasteiger charge is 2.42. The van der Waals surface area contributed by atoms with Gasteiger partial charge in [-0.2, -0.15) is 0 Å². The topological polar surface area (TPSA) is 3.24 Å². The second-order valence-electron chi connectivity index (χ2n) is 17.2. The van der Waals surface area contributed by atoms with Crippen LogP contribution in [0.5, 0.6) is 0 Å². The van der Waals surface area contributed by atoms with Gasteiger partial charge < -0.3 is 4.90 Å². The largest absolute Gasteiger partial charge is 0.310 e. The lowest BCUT2D eigenvalue weighted by Crippen LogP contribution is -2.31. The predicted molar refractivity (Wildman–Crippen MR) is 268 cm³/mol. The number of hydrogen-bond donors (Lipinski definition) is 0. The zero-order valence-corrected chi connectivity index (χ0v) is 34.8. The van der Waals surface area contributed by atoms with Gasteiger partial charge in [-0.15, -0.1) is 0 Å². The third-order valence-electron chi connectivity index (χ3n) is 13.8. The van der Waals surface area contributed by atoms with Crippen molar-refractivity contribution in [2.45, 2.75) is 0 Å². The van der Waals surface area contributed by atoms with E-state index in [1.54, 1.807) is 0 Å². The van der Waals surface area contributed by atoms with Gasteiger partial charge in [-0.25, -0.2) is 4.48 Å². The number of fused-ring (bicyclic) bond motifs is 9. The fourth-order valence-electron chi connectivity index (χ4n) is 10.8. The molecule has 0 bridgehead atoms. The van der Waals surface area contributed by atoms with Crippen molar-refractivity contribution in [1.82, 2.24) is 4.48 Å². The zero-order chi connectivity index (χ0) is 41.6. The summed E-state index contributed by atoms with van der Waals surface area (Å²) in [5, 5.41) is 7.71. The van der Waals surface area contributed by atoms with E-state index in [9.17, 15) is 0 Å². The number of benzene rings is 11. The number of quaternary nitrogens is 1. The molecule has 1 aliphatic carbocycles. The first-order valence-electron chi connectivity index (χ1n) is 21.9. The van der Waals surface area contributed by atoms with Gasteiger partial charge in [0.05, 0.1) is 12.7 Å². The summed E-state index contributed by atoms with van der Waals surface area (Å²) in [6, 6.07) is 85.5. The van der Waals surface area contributed by atoms with Crippen molar-refractivity contribution in [3.8, 4) is 55.6 Å². The Kier molecular flexibility index (Phi) is 7.78. The second-order valence-corrected chi connectivity index (χ2v) is 17.2. The van der Waals surface area contributed by atoms with Crippen molar-refractivity contribution < 1.29 is 0 Å². The van der Waals surface area contributed by atoms with Crippen LogP contribution in [0.25, 0.3) is 88.0 Å². The molecule has 1 aliphatic heterocycles. The average molecular weight is 802 g/mol. The van der Waals surface area contributed by atoms with Crippen LogP contribution >= 0.6 is 0 Å². The van der Waals surface area contributed by atoms with Gasteiger partial charge >= 0.3 is 0 Å². The van der Waals surface area contributed by atoms with Crippen LogP contribution in [-0.2, 0) is 0 Å². The average Bonchev–Trinajstić information content (AvgIpc) is 3.82. The SMILES string of the molecule is C[N+]1(c2cccc(N(c3cccc(-c4ccc5c(c4)-c4cccc6cccc-5c46)c3)c3cccc(-c4ccc5c(ccc6ccccc65)c4)c3)c2)c2ccccc2-c2ccccc21. The van der Waals surface area contributed by atoms with Crippen LogP contribution in [0.3, 0.4) is 0 Å². The zero-order valence-electron chi connectivity index (χ0n) is 34.8. The van der Waals surface area contributed by atoms with Crippen molar-refractivity contribution in [3.63, 3.8) is 0 Å². The first-order valence-corrected chi connectivity index (χ1v) is 21.9. The summed E-state index contributed by atoms with van der Waals surface area (Å²) in [6.07, 6.45) is 0. The summed E-state index contributed by atoms with van der Waals surface area (Å²) < 4.78 is 0.587. The molecular weight excluding hydrogens is 761 g/mol. The Labute approximate surface area is 367 Å². The molecule has 0 saturated heterocycles. The van der Waals surface area contributed by atoms with Gasteiger partial charge in [-0.05, 0) is 131 Å². The monoisotopic (exact) mass is 801 g/mol. The van der Waals surface area contributed by atoms with Crippen LogP contribution < -0.4 is 9.38 Å². The minimum atomic E-state index is 0.587. The van der Waals surface area contributed by atoms with Gasteiger partial charge in [0, 0.05) is 46.8 Å². The van der Waals surface area contributed by atoms with Crippen LogP contribution in [0.4, 0.5) is 34.1 Å². The maximum Gasteiger partial charge on any atom is 0.150 e. The highest BCUT2D eigenvalue weighted by Crippen LogP contribution is 2.57. The minimum absolute atomic E-state index is 0.587. The maximum absolute atomic E-state index is 2.44. The summed E-state index contributed by atoms with van der Waals surface area (Å²) in [7, 11) is 2.34. The standard InChI is InChI=1S/C61H41N2/c1-63(59-27-6-4-23-54(59)55-24-5-7-28-60(55)63)50-21-12-20-49(39-50)62(47-18-8-16-42(36-47)44-31-33-52-46(35-44)30-29-40-13-2-3-22-51(40)52)48-19-9-17-43(37-48)45-32-34-53-56-25-10-14-41-15-11-26-57(61(41)56)58(53)38-45/h2-39H,1H3/q+1. The normalized spacial score (nSPS) is 13.0. The molecule has 11 aromatic rings. The number of hydrogen-bond acceptors (Lipinski definition) is 1. The minimum Gasteiger partial charge on any atom is -0.310 e. The van der Waals surface area contributed by atoms with Crippen LogP contribution in [0.15, 0.2) is 231 Å². The van der Waals surface area contributed by atoms with Crippen LogP contribution in [0, 0.1) is 0 Å². The first kappa shape index (κ1) is 35.7. The Morgan fingerprint density at radius 1 is 0.302 bits per heavy atom. The van der Waals surface area contributed by atoms with Crippen molar-refractivity contribution in [1.29, 1.82) is 0 Å². The second kappa shape index (κ2) is 13.7. The van der Waals surface area contributed by atoms with Gasteiger partial charge in [0.15, 0.2) is 11.4 Å².